The number of hydrogen-bond acceptors (Lipinski definition) is 3. The van der Waals surface area contributed by atoms with Gasteiger partial charge in [0.25, 0.3) is 5.56 Å². The average Bonchev–Trinajstić information content (AvgIpc) is 2.79. The number of nitrogens with one attached hydrogen (secondary N) is 2. The molecule has 17 heavy (non-hydrogen) atoms. The van der Waals surface area contributed by atoms with Crippen molar-refractivity contribution in [2.45, 2.75) is 51.0 Å². The monoisotopic (exact) mass is 233 g/mol. The van der Waals surface area contributed by atoms with E-state index in [1.807, 2.05) is 0 Å². The van der Waals surface area contributed by atoms with Crippen LogP contribution >= 0.6 is 0 Å². The molecule has 1 saturated heterocycles. The Kier molecular flexibility index (Phi) is 2.97. The zero-order valence-electron chi connectivity index (χ0n) is 10.1. The summed E-state index contributed by atoms with van der Waals surface area (Å²) in [5, 5.41) is 3.49. The lowest BCUT2D eigenvalue weighted by Crippen LogP contribution is -2.36. The Morgan fingerprint density at radius 2 is 2.18 bits per heavy atom. The molecule has 1 aliphatic carbocycles. The summed E-state index contributed by atoms with van der Waals surface area (Å²) in [4.78, 5) is 19.4. The van der Waals surface area contributed by atoms with Gasteiger partial charge in [0.05, 0.1) is 5.69 Å². The van der Waals surface area contributed by atoms with E-state index in [0.29, 0.717) is 6.04 Å². The van der Waals surface area contributed by atoms with Crippen LogP contribution in [0.25, 0.3) is 0 Å². The highest BCUT2D eigenvalue weighted by atomic mass is 16.1. The molecule has 0 bridgehead atoms. The summed E-state index contributed by atoms with van der Waals surface area (Å²) in [5.41, 5.74) is 2.06. The van der Waals surface area contributed by atoms with Crippen LogP contribution in [0.5, 0.6) is 0 Å². The first kappa shape index (κ1) is 11.0. The topological polar surface area (TPSA) is 57.8 Å². The molecule has 1 aromatic heterocycles. The molecular weight excluding hydrogens is 214 g/mol. The van der Waals surface area contributed by atoms with E-state index in [1.165, 1.54) is 19.3 Å². The molecule has 1 aromatic rings. The largest absolute Gasteiger partial charge is 0.314 e. The number of hydrogen-bond donors (Lipinski definition) is 2. The molecule has 1 atom stereocenters. The molecule has 0 amide bonds. The zero-order valence-corrected chi connectivity index (χ0v) is 10.1. The second kappa shape index (κ2) is 4.61. The number of H-pyrrole nitrogens is 1. The van der Waals surface area contributed by atoms with E-state index >= 15 is 0 Å². The number of aromatic amines is 1. The maximum atomic E-state index is 11.9. The van der Waals surface area contributed by atoms with Crippen molar-refractivity contribution in [1.29, 1.82) is 0 Å². The van der Waals surface area contributed by atoms with Crippen LogP contribution in [0.2, 0.25) is 0 Å². The van der Waals surface area contributed by atoms with Crippen LogP contribution < -0.4 is 10.9 Å². The fourth-order valence-corrected chi connectivity index (χ4v) is 2.92. The van der Waals surface area contributed by atoms with Crippen LogP contribution in [0.3, 0.4) is 0 Å². The van der Waals surface area contributed by atoms with Gasteiger partial charge in [-0.3, -0.25) is 4.79 Å². The van der Waals surface area contributed by atoms with Crippen molar-refractivity contribution in [2.75, 3.05) is 6.54 Å². The van der Waals surface area contributed by atoms with Gasteiger partial charge >= 0.3 is 0 Å². The molecule has 4 nitrogen and oxygen atoms in total. The minimum Gasteiger partial charge on any atom is -0.314 e. The predicted molar refractivity (Wildman–Crippen MR) is 66.2 cm³/mol. The highest BCUT2D eigenvalue weighted by Crippen LogP contribution is 2.16. The molecule has 2 aliphatic rings. The summed E-state index contributed by atoms with van der Waals surface area (Å²) in [6.45, 7) is 1.10. The van der Waals surface area contributed by atoms with E-state index in [4.69, 9.17) is 0 Å². The summed E-state index contributed by atoms with van der Waals surface area (Å²) >= 11 is 0. The van der Waals surface area contributed by atoms with E-state index in [1.54, 1.807) is 0 Å². The van der Waals surface area contributed by atoms with Gasteiger partial charge in [0.1, 0.15) is 5.82 Å². The van der Waals surface area contributed by atoms with E-state index in [-0.39, 0.29) is 5.56 Å². The van der Waals surface area contributed by atoms with Gasteiger partial charge in [-0.05, 0) is 38.6 Å². The lowest BCUT2D eigenvalue weighted by molar-refractivity contribution is 0.393. The van der Waals surface area contributed by atoms with Crippen molar-refractivity contribution in [3.8, 4) is 0 Å². The molecule has 0 radical (unpaired) electrons. The first-order chi connectivity index (χ1) is 8.33. The van der Waals surface area contributed by atoms with Crippen molar-refractivity contribution in [2.24, 2.45) is 0 Å². The maximum absolute atomic E-state index is 11.9. The number of aromatic nitrogens is 2. The Bertz CT molecular complexity index is 460. The molecule has 1 fully saturated rings. The summed E-state index contributed by atoms with van der Waals surface area (Å²) in [6, 6.07) is 0.492. The number of aryl methyl sites for hydroxylation is 1. The number of piperidine rings is 1. The Labute approximate surface area is 101 Å². The van der Waals surface area contributed by atoms with Gasteiger partial charge in [-0.1, -0.05) is 6.42 Å². The highest BCUT2D eigenvalue weighted by molar-refractivity contribution is 5.22. The number of rotatable bonds is 2. The highest BCUT2D eigenvalue weighted by Gasteiger charge is 2.19. The van der Waals surface area contributed by atoms with Gasteiger partial charge in [0.15, 0.2) is 0 Å². The molecule has 2 N–H and O–H groups in total. The van der Waals surface area contributed by atoms with Gasteiger partial charge in [-0.25, -0.2) is 4.98 Å². The van der Waals surface area contributed by atoms with E-state index in [2.05, 4.69) is 15.3 Å². The Morgan fingerprint density at radius 1 is 1.24 bits per heavy atom. The van der Waals surface area contributed by atoms with Crippen molar-refractivity contribution in [3.63, 3.8) is 0 Å². The van der Waals surface area contributed by atoms with Crippen LogP contribution in [0.4, 0.5) is 0 Å². The first-order valence-corrected chi connectivity index (χ1v) is 6.67. The van der Waals surface area contributed by atoms with Gasteiger partial charge in [-0.2, -0.15) is 0 Å². The maximum Gasteiger partial charge on any atom is 0.254 e. The van der Waals surface area contributed by atoms with Crippen molar-refractivity contribution >= 4 is 0 Å². The minimum absolute atomic E-state index is 0.0957. The zero-order chi connectivity index (χ0) is 11.7. The fourth-order valence-electron chi connectivity index (χ4n) is 2.92. The van der Waals surface area contributed by atoms with Gasteiger partial charge in [0, 0.05) is 18.0 Å². The average molecular weight is 233 g/mol. The predicted octanol–water partition coefficient (Wildman–Crippen LogP) is 0.943. The van der Waals surface area contributed by atoms with Crippen LogP contribution in [-0.4, -0.2) is 22.6 Å². The lowest BCUT2D eigenvalue weighted by atomic mass is 10.0. The Hall–Kier alpha value is -1.16. The number of nitrogens with zero attached hydrogens (tertiary/aromatic N) is 1. The van der Waals surface area contributed by atoms with E-state index < -0.39 is 0 Å². The second-order valence-electron chi connectivity index (χ2n) is 5.14. The minimum atomic E-state index is 0.0957. The Morgan fingerprint density at radius 3 is 3.00 bits per heavy atom. The lowest BCUT2D eigenvalue weighted by Gasteiger charge is -2.22. The van der Waals surface area contributed by atoms with Crippen LogP contribution in [0.15, 0.2) is 4.79 Å². The molecule has 0 saturated carbocycles. The van der Waals surface area contributed by atoms with Crippen LogP contribution in [0, 0.1) is 0 Å². The molecule has 3 rings (SSSR count). The quantitative estimate of drug-likeness (QED) is 0.799. The summed E-state index contributed by atoms with van der Waals surface area (Å²) < 4.78 is 0. The van der Waals surface area contributed by atoms with Gasteiger partial charge < -0.3 is 10.3 Å². The molecule has 1 unspecified atom stereocenters. The molecule has 1 aliphatic heterocycles. The third kappa shape index (κ3) is 2.27. The summed E-state index contributed by atoms with van der Waals surface area (Å²) in [5.74, 6) is 0.870. The second-order valence-corrected chi connectivity index (χ2v) is 5.14. The molecule has 92 valence electrons. The molecule has 4 heteroatoms. The van der Waals surface area contributed by atoms with Gasteiger partial charge in [0.2, 0.25) is 0 Å². The van der Waals surface area contributed by atoms with Crippen molar-refractivity contribution in [1.82, 2.24) is 15.3 Å². The normalized spacial score (nSPS) is 23.6. The van der Waals surface area contributed by atoms with Crippen molar-refractivity contribution in [3.05, 3.63) is 27.4 Å². The van der Waals surface area contributed by atoms with Crippen LogP contribution in [0.1, 0.15) is 42.8 Å². The number of fused-ring (bicyclic) bond motifs is 1. The fraction of sp³-hybridized carbons (Fsp3) is 0.692. The third-order valence-electron chi connectivity index (χ3n) is 3.84. The SMILES string of the molecule is O=c1[nH]c(CC2CCCCN2)nc2c1CCC2. The van der Waals surface area contributed by atoms with Crippen molar-refractivity contribution < 1.29 is 0 Å². The van der Waals surface area contributed by atoms with Gasteiger partial charge in [-0.15, -0.1) is 0 Å². The molecule has 2 heterocycles. The molecular formula is C13H19N3O. The standard InChI is InChI=1S/C13H19N3O/c17-13-10-5-3-6-11(10)15-12(16-13)8-9-4-1-2-7-14-9/h9,14H,1-8H2,(H,15,16,17). The third-order valence-corrected chi connectivity index (χ3v) is 3.84. The van der Waals surface area contributed by atoms with E-state index in [9.17, 15) is 4.79 Å². The van der Waals surface area contributed by atoms with E-state index in [0.717, 1.165) is 49.3 Å². The molecule has 0 spiro atoms. The smallest absolute Gasteiger partial charge is 0.254 e. The first-order valence-electron chi connectivity index (χ1n) is 6.67. The Balaban J connectivity index is 1.79. The summed E-state index contributed by atoms with van der Waals surface area (Å²) in [6.07, 6.45) is 7.57. The van der Waals surface area contributed by atoms with Crippen LogP contribution in [-0.2, 0) is 19.3 Å². The molecule has 0 aromatic carbocycles. The summed E-state index contributed by atoms with van der Waals surface area (Å²) in [7, 11) is 0.